The third-order valence-corrected chi connectivity index (χ3v) is 4.89. The maximum Gasteiger partial charge on any atom is 0.309 e. The van der Waals surface area contributed by atoms with Gasteiger partial charge in [-0.15, -0.1) is 0 Å². The molecule has 0 radical (unpaired) electrons. The van der Waals surface area contributed by atoms with Gasteiger partial charge in [0.25, 0.3) is 0 Å². The Morgan fingerprint density at radius 1 is 1.10 bits per heavy atom. The number of para-hydroxylation sites is 1. The highest BCUT2D eigenvalue weighted by Gasteiger charge is 2.26. The van der Waals surface area contributed by atoms with E-state index in [9.17, 15) is 9.59 Å². The van der Waals surface area contributed by atoms with E-state index in [1.54, 1.807) is 13.4 Å². The molecule has 0 unspecified atom stereocenters. The Balaban J connectivity index is 1.48. The van der Waals surface area contributed by atoms with E-state index in [0.717, 1.165) is 30.2 Å². The van der Waals surface area contributed by atoms with E-state index in [4.69, 9.17) is 13.9 Å². The number of carbonyl (C=O) groups excluding carboxylic acids is 2. The quantitative estimate of drug-likeness (QED) is 0.645. The van der Waals surface area contributed by atoms with Gasteiger partial charge < -0.3 is 24.5 Å². The molecule has 0 saturated carbocycles. The number of benzene rings is 1. The Kier molecular flexibility index (Phi) is 7.66. The lowest BCUT2D eigenvalue weighted by Crippen LogP contribution is -2.46. The van der Waals surface area contributed by atoms with Crippen molar-refractivity contribution in [3.63, 3.8) is 0 Å². The lowest BCUT2D eigenvalue weighted by molar-refractivity contribution is -0.139. The van der Waals surface area contributed by atoms with Gasteiger partial charge in [-0.1, -0.05) is 18.2 Å². The van der Waals surface area contributed by atoms with Crippen LogP contribution in [0.4, 0.5) is 0 Å². The lowest BCUT2D eigenvalue weighted by Gasteiger charge is -2.33. The van der Waals surface area contributed by atoms with Crippen LogP contribution in [0.5, 0.6) is 5.75 Å². The second-order valence-electron chi connectivity index (χ2n) is 6.71. The number of nitrogens with one attached hydrogen (secondary N) is 2. The highest BCUT2D eigenvalue weighted by Crippen LogP contribution is 2.21. The summed E-state index contributed by atoms with van der Waals surface area (Å²) in [6.07, 6.45) is 2.18. The molecule has 1 aliphatic rings. The average molecular weight is 401 g/mol. The van der Waals surface area contributed by atoms with Gasteiger partial charge in [-0.05, 0) is 30.2 Å². The van der Waals surface area contributed by atoms with Crippen LogP contribution in [0.1, 0.15) is 17.4 Å². The van der Waals surface area contributed by atoms with E-state index in [-0.39, 0.29) is 12.6 Å². The molecule has 1 aliphatic heterocycles. The summed E-state index contributed by atoms with van der Waals surface area (Å²) in [5, 5.41) is 5.38. The smallest absolute Gasteiger partial charge is 0.309 e. The number of furan rings is 1. The number of hydrogen-bond acceptors (Lipinski definition) is 6. The number of hydrogen-bond donors (Lipinski definition) is 2. The monoisotopic (exact) mass is 401 g/mol. The van der Waals surface area contributed by atoms with Crippen LogP contribution in [0.2, 0.25) is 0 Å². The van der Waals surface area contributed by atoms with Crippen molar-refractivity contribution in [2.45, 2.75) is 12.5 Å². The van der Waals surface area contributed by atoms with Gasteiger partial charge in [0.15, 0.2) is 0 Å². The van der Waals surface area contributed by atoms with Crippen LogP contribution in [0.25, 0.3) is 0 Å². The van der Waals surface area contributed by atoms with E-state index in [2.05, 4.69) is 15.5 Å². The van der Waals surface area contributed by atoms with Crippen molar-refractivity contribution in [2.75, 3.05) is 46.5 Å². The summed E-state index contributed by atoms with van der Waals surface area (Å²) in [6, 6.07) is 11.1. The summed E-state index contributed by atoms with van der Waals surface area (Å²) in [6.45, 7) is 3.38. The van der Waals surface area contributed by atoms with Crippen LogP contribution in [-0.2, 0) is 20.7 Å². The minimum absolute atomic E-state index is 0.140. The second-order valence-corrected chi connectivity index (χ2v) is 6.71. The normalized spacial score (nSPS) is 15.5. The van der Waals surface area contributed by atoms with Crippen LogP contribution >= 0.6 is 0 Å². The SMILES string of the molecule is COc1ccccc1CCNC(=O)C(=O)NC[C@@H](c1ccco1)N1CCOCC1. The molecular formula is C21H27N3O5. The van der Waals surface area contributed by atoms with Gasteiger partial charge in [-0.3, -0.25) is 14.5 Å². The molecule has 2 aromatic rings. The van der Waals surface area contributed by atoms with Crippen molar-refractivity contribution in [3.05, 3.63) is 54.0 Å². The van der Waals surface area contributed by atoms with Crippen LogP contribution in [-0.4, -0.2) is 63.2 Å². The fourth-order valence-corrected chi connectivity index (χ4v) is 3.35. The zero-order valence-corrected chi connectivity index (χ0v) is 16.6. The Morgan fingerprint density at radius 3 is 2.59 bits per heavy atom. The first-order valence-electron chi connectivity index (χ1n) is 9.72. The van der Waals surface area contributed by atoms with E-state index in [0.29, 0.717) is 26.2 Å². The van der Waals surface area contributed by atoms with Crippen LogP contribution in [0.15, 0.2) is 47.1 Å². The molecule has 0 bridgehead atoms. The molecular weight excluding hydrogens is 374 g/mol. The van der Waals surface area contributed by atoms with Crippen molar-refractivity contribution in [1.82, 2.24) is 15.5 Å². The molecule has 2 N–H and O–H groups in total. The predicted octanol–water partition coefficient (Wildman–Crippen LogP) is 1.14. The van der Waals surface area contributed by atoms with Gasteiger partial charge in [0.05, 0.1) is 32.6 Å². The third-order valence-electron chi connectivity index (χ3n) is 4.89. The number of ether oxygens (including phenoxy) is 2. The number of morpholine rings is 1. The van der Waals surface area contributed by atoms with E-state index < -0.39 is 11.8 Å². The molecule has 2 amide bonds. The standard InChI is InChI=1S/C21H27N3O5/c1-27-18-6-3-2-5-16(18)8-9-22-20(25)21(26)23-15-17(19-7-4-12-29-19)24-10-13-28-14-11-24/h2-7,12,17H,8-11,13-15H2,1H3,(H,22,25)(H,23,26)/t17-/m0/s1. The van der Waals surface area contributed by atoms with Crippen molar-refractivity contribution in [2.24, 2.45) is 0 Å². The molecule has 1 fully saturated rings. The topological polar surface area (TPSA) is 93.0 Å². The minimum Gasteiger partial charge on any atom is -0.496 e. The lowest BCUT2D eigenvalue weighted by atomic mass is 10.1. The molecule has 0 aliphatic carbocycles. The Labute approximate surface area is 170 Å². The molecule has 1 atom stereocenters. The van der Waals surface area contributed by atoms with Crippen molar-refractivity contribution >= 4 is 11.8 Å². The van der Waals surface area contributed by atoms with Gasteiger partial charge >= 0.3 is 11.8 Å². The van der Waals surface area contributed by atoms with E-state index in [1.165, 1.54) is 0 Å². The maximum atomic E-state index is 12.2. The number of amides is 2. The number of methoxy groups -OCH3 is 1. The van der Waals surface area contributed by atoms with Gasteiger partial charge in [0.1, 0.15) is 11.5 Å². The third kappa shape index (κ3) is 5.82. The molecule has 1 aromatic heterocycles. The Morgan fingerprint density at radius 2 is 1.86 bits per heavy atom. The van der Waals surface area contributed by atoms with Crippen molar-refractivity contribution in [3.8, 4) is 5.75 Å². The molecule has 8 nitrogen and oxygen atoms in total. The van der Waals surface area contributed by atoms with Crippen LogP contribution in [0.3, 0.4) is 0 Å². The molecule has 3 rings (SSSR count). The van der Waals surface area contributed by atoms with Crippen molar-refractivity contribution in [1.29, 1.82) is 0 Å². The van der Waals surface area contributed by atoms with Gasteiger partial charge in [-0.2, -0.15) is 0 Å². The van der Waals surface area contributed by atoms with E-state index in [1.807, 2.05) is 36.4 Å². The summed E-state index contributed by atoms with van der Waals surface area (Å²) >= 11 is 0. The Hall–Kier alpha value is -2.84. The highest BCUT2D eigenvalue weighted by atomic mass is 16.5. The largest absolute Gasteiger partial charge is 0.496 e. The summed E-state index contributed by atoms with van der Waals surface area (Å²) in [4.78, 5) is 26.6. The molecule has 0 spiro atoms. The summed E-state index contributed by atoms with van der Waals surface area (Å²) in [7, 11) is 1.61. The highest BCUT2D eigenvalue weighted by molar-refractivity contribution is 6.35. The molecule has 8 heteroatoms. The fourth-order valence-electron chi connectivity index (χ4n) is 3.35. The first-order chi connectivity index (χ1) is 14.2. The summed E-state index contributed by atoms with van der Waals surface area (Å²) in [5.74, 6) is 0.205. The molecule has 156 valence electrons. The zero-order valence-electron chi connectivity index (χ0n) is 16.6. The van der Waals surface area contributed by atoms with Crippen molar-refractivity contribution < 1.29 is 23.5 Å². The van der Waals surface area contributed by atoms with E-state index >= 15 is 0 Å². The average Bonchev–Trinajstić information content (AvgIpc) is 3.29. The number of nitrogens with zero attached hydrogens (tertiary/aromatic N) is 1. The minimum atomic E-state index is -0.658. The predicted molar refractivity (Wildman–Crippen MR) is 107 cm³/mol. The molecule has 1 aromatic carbocycles. The molecule has 1 saturated heterocycles. The maximum absolute atomic E-state index is 12.2. The number of rotatable bonds is 8. The van der Waals surface area contributed by atoms with Gasteiger partial charge in [0, 0.05) is 26.2 Å². The summed E-state index contributed by atoms with van der Waals surface area (Å²) < 4.78 is 16.2. The summed E-state index contributed by atoms with van der Waals surface area (Å²) in [5.41, 5.74) is 0.973. The number of carbonyl (C=O) groups is 2. The molecule has 2 heterocycles. The Bertz CT molecular complexity index is 787. The van der Waals surface area contributed by atoms with Crippen LogP contribution in [0, 0.1) is 0 Å². The molecule has 29 heavy (non-hydrogen) atoms. The first kappa shape index (κ1) is 20.9. The zero-order chi connectivity index (χ0) is 20.5. The van der Waals surface area contributed by atoms with Gasteiger partial charge in [0.2, 0.25) is 0 Å². The van der Waals surface area contributed by atoms with Gasteiger partial charge in [-0.25, -0.2) is 0 Å². The fraction of sp³-hybridized carbons (Fsp3) is 0.429. The van der Waals surface area contributed by atoms with Crippen LogP contribution < -0.4 is 15.4 Å². The second kappa shape index (κ2) is 10.6. The first-order valence-corrected chi connectivity index (χ1v) is 9.72.